The van der Waals surface area contributed by atoms with Crippen molar-refractivity contribution in [1.29, 1.82) is 0 Å². The van der Waals surface area contributed by atoms with Gasteiger partial charge in [0.15, 0.2) is 0 Å². The highest BCUT2D eigenvalue weighted by Gasteiger charge is 2.27. The van der Waals surface area contributed by atoms with Gasteiger partial charge in [0.2, 0.25) is 5.91 Å². The lowest BCUT2D eigenvalue weighted by Gasteiger charge is -2.31. The number of hydrogen-bond donors (Lipinski definition) is 2. The summed E-state index contributed by atoms with van der Waals surface area (Å²) >= 11 is 15.6. The number of halogens is 2. The molecule has 0 atom stereocenters. The maximum absolute atomic E-state index is 13.6. The average molecular weight is 683 g/mol. The number of para-hydroxylation sites is 2. The Morgan fingerprint density at radius 1 is 0.739 bits per heavy atom. The van der Waals surface area contributed by atoms with Gasteiger partial charge in [0.1, 0.15) is 5.70 Å². The van der Waals surface area contributed by atoms with E-state index in [-0.39, 0.29) is 22.4 Å². The number of benzene rings is 5. The molecule has 0 aliphatic carbocycles. The summed E-state index contributed by atoms with van der Waals surface area (Å²) in [7, 11) is 0. The third-order valence-corrected chi connectivity index (χ3v) is 9.93. The van der Waals surface area contributed by atoms with Crippen LogP contribution in [-0.2, 0) is 9.59 Å². The first-order valence-corrected chi connectivity index (χ1v) is 16.7. The fourth-order valence-electron chi connectivity index (χ4n) is 4.75. The molecule has 5 aromatic rings. The van der Waals surface area contributed by atoms with Gasteiger partial charge in [-0.2, -0.15) is 0 Å². The molecule has 5 aromatic carbocycles. The predicted octanol–water partition coefficient (Wildman–Crippen LogP) is 9.32. The fourth-order valence-corrected chi connectivity index (χ4v) is 6.91. The number of amides is 3. The van der Waals surface area contributed by atoms with Crippen LogP contribution in [0.1, 0.15) is 15.9 Å². The predicted molar refractivity (Wildman–Crippen MR) is 188 cm³/mol. The Bertz CT molecular complexity index is 1920. The van der Waals surface area contributed by atoms with E-state index >= 15 is 0 Å². The van der Waals surface area contributed by atoms with E-state index in [2.05, 4.69) is 10.6 Å². The molecule has 1 aliphatic rings. The van der Waals surface area contributed by atoms with Crippen LogP contribution in [0.2, 0.25) is 10.0 Å². The smallest absolute Gasteiger partial charge is 0.272 e. The average Bonchev–Trinajstić information content (AvgIpc) is 3.08. The van der Waals surface area contributed by atoms with Crippen LogP contribution in [0.3, 0.4) is 0 Å². The van der Waals surface area contributed by atoms with Crippen molar-refractivity contribution in [2.24, 2.45) is 0 Å². The fraction of sp³-hybridized carbons (Fsp3) is 0.0278. The molecule has 3 amide bonds. The van der Waals surface area contributed by atoms with Crippen molar-refractivity contribution in [2.45, 2.75) is 14.7 Å². The molecule has 0 radical (unpaired) electrons. The molecule has 0 aromatic heterocycles. The van der Waals surface area contributed by atoms with Crippen molar-refractivity contribution < 1.29 is 14.4 Å². The molecule has 0 saturated heterocycles. The molecule has 0 saturated carbocycles. The summed E-state index contributed by atoms with van der Waals surface area (Å²) in [6.07, 6.45) is 1.48. The lowest BCUT2D eigenvalue weighted by atomic mass is 10.1. The Labute approximate surface area is 284 Å². The van der Waals surface area contributed by atoms with Gasteiger partial charge in [-0.25, -0.2) is 0 Å². The second-order valence-electron chi connectivity index (χ2n) is 10.1. The quantitative estimate of drug-likeness (QED) is 0.126. The molecular weight excluding hydrogens is 657 g/mol. The molecule has 0 bridgehead atoms. The Morgan fingerprint density at radius 3 is 2.04 bits per heavy atom. The number of fused-ring (bicyclic) bond motifs is 2. The van der Waals surface area contributed by atoms with E-state index in [1.807, 2.05) is 60.7 Å². The van der Waals surface area contributed by atoms with Gasteiger partial charge in [-0.15, -0.1) is 11.8 Å². The minimum absolute atomic E-state index is 0.0117. The Kier molecular flexibility index (Phi) is 9.80. The number of carbonyl (C=O) groups excluding carboxylic acids is 3. The van der Waals surface area contributed by atoms with Crippen LogP contribution in [-0.4, -0.2) is 23.5 Å². The summed E-state index contributed by atoms with van der Waals surface area (Å²) in [6, 6.07) is 36.6. The molecule has 10 heteroatoms. The van der Waals surface area contributed by atoms with E-state index in [9.17, 15) is 14.4 Å². The van der Waals surface area contributed by atoms with E-state index < -0.39 is 11.8 Å². The second kappa shape index (κ2) is 14.3. The minimum atomic E-state index is -0.545. The first kappa shape index (κ1) is 31.5. The molecule has 46 heavy (non-hydrogen) atoms. The molecule has 1 heterocycles. The minimum Gasteiger partial charge on any atom is -0.321 e. The number of carbonyl (C=O) groups is 3. The van der Waals surface area contributed by atoms with Crippen molar-refractivity contribution in [3.05, 3.63) is 148 Å². The number of nitrogens with zero attached hydrogens (tertiary/aromatic N) is 1. The number of rotatable bonds is 8. The molecule has 0 fully saturated rings. The van der Waals surface area contributed by atoms with Crippen molar-refractivity contribution in [3.63, 3.8) is 0 Å². The summed E-state index contributed by atoms with van der Waals surface area (Å²) in [5, 5.41) is 6.11. The zero-order chi connectivity index (χ0) is 32.0. The van der Waals surface area contributed by atoms with Gasteiger partial charge in [0, 0.05) is 25.9 Å². The maximum atomic E-state index is 13.6. The van der Waals surface area contributed by atoms with Crippen molar-refractivity contribution in [1.82, 2.24) is 5.32 Å². The van der Waals surface area contributed by atoms with Crippen LogP contribution in [0.5, 0.6) is 0 Å². The van der Waals surface area contributed by atoms with E-state index in [4.69, 9.17) is 23.2 Å². The van der Waals surface area contributed by atoms with Crippen molar-refractivity contribution >= 4 is 87.6 Å². The Balaban J connectivity index is 1.15. The standard InChI is InChI=1S/C36H25Cl2N3O3S2/c37-27-12-8-11-24(34(27)38)21-28(40-35(43)23-9-2-1-3-10-23)36(44)39-25-17-19-26(20-18-25)45-22-33(42)41-29-13-4-6-15-31(29)46-32-16-7-5-14-30(32)41/h1-21H,22H2,(H,39,44)(H,40,43)/b28-21-. The summed E-state index contributed by atoms with van der Waals surface area (Å²) in [5.74, 6) is -0.811. The highest BCUT2D eigenvalue weighted by molar-refractivity contribution is 8.00. The zero-order valence-corrected chi connectivity index (χ0v) is 27.2. The maximum Gasteiger partial charge on any atom is 0.272 e. The molecule has 0 spiro atoms. The summed E-state index contributed by atoms with van der Waals surface area (Å²) < 4.78 is 0. The third kappa shape index (κ3) is 7.16. The largest absolute Gasteiger partial charge is 0.321 e. The zero-order valence-electron chi connectivity index (χ0n) is 24.1. The van der Waals surface area contributed by atoms with Gasteiger partial charge in [0.05, 0.1) is 27.2 Å². The van der Waals surface area contributed by atoms with Gasteiger partial charge >= 0.3 is 0 Å². The molecule has 6 rings (SSSR count). The Morgan fingerprint density at radius 2 is 1.37 bits per heavy atom. The SMILES string of the molecule is O=C(Nc1ccc(SCC(=O)N2c3ccccc3Sc3ccccc32)cc1)/C(=C/c1cccc(Cl)c1Cl)NC(=O)c1ccccc1. The molecule has 1 aliphatic heterocycles. The number of thioether (sulfide) groups is 1. The Hall–Kier alpha value is -4.47. The molecule has 2 N–H and O–H groups in total. The van der Waals surface area contributed by atoms with E-state index in [1.165, 1.54) is 17.8 Å². The number of nitrogens with one attached hydrogen (secondary N) is 2. The third-order valence-electron chi connectivity index (χ3n) is 6.97. The number of anilines is 3. The first-order valence-electron chi connectivity index (χ1n) is 14.1. The summed E-state index contributed by atoms with van der Waals surface area (Å²) in [6.45, 7) is 0. The second-order valence-corrected chi connectivity index (χ2v) is 13.0. The topological polar surface area (TPSA) is 78.5 Å². The van der Waals surface area contributed by atoms with Crippen molar-refractivity contribution in [2.75, 3.05) is 16.0 Å². The molecule has 0 unspecified atom stereocenters. The van der Waals surface area contributed by atoms with Gasteiger partial charge < -0.3 is 10.6 Å². The van der Waals surface area contributed by atoms with Gasteiger partial charge in [0.25, 0.3) is 11.8 Å². The highest BCUT2D eigenvalue weighted by Crippen LogP contribution is 2.48. The lowest BCUT2D eigenvalue weighted by molar-refractivity contribution is -0.115. The summed E-state index contributed by atoms with van der Waals surface area (Å²) in [5.41, 5.74) is 3.11. The van der Waals surface area contributed by atoms with Crippen molar-refractivity contribution in [3.8, 4) is 0 Å². The molecule has 6 nitrogen and oxygen atoms in total. The first-order chi connectivity index (χ1) is 22.4. The van der Waals surface area contributed by atoms with Crippen LogP contribution in [0.15, 0.2) is 142 Å². The monoisotopic (exact) mass is 681 g/mol. The number of hydrogen-bond acceptors (Lipinski definition) is 5. The van der Waals surface area contributed by atoms with E-state index in [1.54, 1.807) is 77.3 Å². The molecule has 228 valence electrons. The normalized spacial score (nSPS) is 12.1. The van der Waals surface area contributed by atoms with Gasteiger partial charge in [-0.1, -0.05) is 89.6 Å². The summed E-state index contributed by atoms with van der Waals surface area (Å²) in [4.78, 5) is 44.6. The highest BCUT2D eigenvalue weighted by atomic mass is 35.5. The van der Waals surface area contributed by atoms with Crippen LogP contribution < -0.4 is 15.5 Å². The lowest BCUT2D eigenvalue weighted by Crippen LogP contribution is -2.30. The van der Waals surface area contributed by atoms with Crippen LogP contribution >= 0.6 is 46.7 Å². The van der Waals surface area contributed by atoms with E-state index in [0.29, 0.717) is 21.8 Å². The van der Waals surface area contributed by atoms with E-state index in [0.717, 1.165) is 26.1 Å². The van der Waals surface area contributed by atoms with Crippen LogP contribution in [0.4, 0.5) is 17.1 Å². The van der Waals surface area contributed by atoms with Gasteiger partial charge in [-0.05, 0) is 78.4 Å². The molecular formula is C36H25Cl2N3O3S2. The van der Waals surface area contributed by atoms with Crippen LogP contribution in [0.25, 0.3) is 6.08 Å². The van der Waals surface area contributed by atoms with Gasteiger partial charge in [-0.3, -0.25) is 19.3 Å². The van der Waals surface area contributed by atoms with Crippen LogP contribution in [0, 0.1) is 0 Å².